The van der Waals surface area contributed by atoms with Crippen LogP contribution >= 0.6 is 23.1 Å². The summed E-state index contributed by atoms with van der Waals surface area (Å²) in [5.74, 6) is -2.09. The second kappa shape index (κ2) is 11.0. The van der Waals surface area contributed by atoms with E-state index in [1.54, 1.807) is 12.1 Å². The summed E-state index contributed by atoms with van der Waals surface area (Å²) >= 11 is 2.28. The Balaban J connectivity index is 1.41. The third-order valence-corrected chi connectivity index (χ3v) is 10.7. The number of carbonyl (C=O) groups excluding carboxylic acids is 3. The summed E-state index contributed by atoms with van der Waals surface area (Å²) in [5.41, 5.74) is 5.24. The number of aryl methyl sites for hydroxylation is 2. The van der Waals surface area contributed by atoms with Crippen molar-refractivity contribution in [1.82, 2.24) is 4.57 Å². The first-order chi connectivity index (χ1) is 20.4. The summed E-state index contributed by atoms with van der Waals surface area (Å²) in [6.07, 6.45) is 0. The highest BCUT2D eigenvalue weighted by molar-refractivity contribution is 8.00. The normalized spacial score (nSPS) is 19.7. The molecule has 6 rings (SSSR count). The number of rotatable bonds is 5. The molecule has 0 aliphatic carbocycles. The van der Waals surface area contributed by atoms with E-state index >= 15 is 0 Å². The minimum Gasteiger partial charge on any atom is -0.325 e. The lowest BCUT2D eigenvalue weighted by atomic mass is 9.81. The van der Waals surface area contributed by atoms with Crippen LogP contribution in [0.5, 0.6) is 0 Å². The molecule has 1 N–H and O–H groups in total. The van der Waals surface area contributed by atoms with Gasteiger partial charge in [0, 0.05) is 16.5 Å². The molecule has 3 amide bonds. The summed E-state index contributed by atoms with van der Waals surface area (Å²) in [5, 5.41) is 2.72. The van der Waals surface area contributed by atoms with E-state index in [1.807, 2.05) is 62.4 Å². The van der Waals surface area contributed by atoms with Gasteiger partial charge in [0.15, 0.2) is 0 Å². The van der Waals surface area contributed by atoms with Crippen LogP contribution in [0, 0.1) is 19.8 Å². The lowest BCUT2D eigenvalue weighted by molar-refractivity contribution is -0.122. The van der Waals surface area contributed by atoms with Crippen molar-refractivity contribution >= 4 is 52.2 Å². The summed E-state index contributed by atoms with van der Waals surface area (Å²) in [6, 6.07) is 22.9. The fourth-order valence-electron chi connectivity index (χ4n) is 5.73. The van der Waals surface area contributed by atoms with Gasteiger partial charge < -0.3 is 5.32 Å². The van der Waals surface area contributed by atoms with Crippen molar-refractivity contribution in [3.8, 4) is 0 Å². The SMILES string of the molecule is Cc1ccc(NC(=O)Cn2c3c(sc2=O)[C@@H](c2ccc(C(C)(C)C)cc2)[C@H]2C(=O)N(c4ccc(C)cc4)C(=O)[C@H]2S3)cc1. The number of carbonyl (C=O) groups is 3. The van der Waals surface area contributed by atoms with Gasteiger partial charge in [0.1, 0.15) is 11.8 Å². The number of benzene rings is 3. The van der Waals surface area contributed by atoms with Crippen molar-refractivity contribution in [2.75, 3.05) is 10.2 Å². The van der Waals surface area contributed by atoms with Crippen LogP contribution in [0.15, 0.2) is 82.6 Å². The van der Waals surface area contributed by atoms with Gasteiger partial charge in [-0.05, 0) is 54.7 Å². The Bertz CT molecular complexity index is 1780. The van der Waals surface area contributed by atoms with Crippen LogP contribution in [-0.4, -0.2) is 27.5 Å². The molecule has 43 heavy (non-hydrogen) atoms. The molecule has 1 aromatic heterocycles. The summed E-state index contributed by atoms with van der Waals surface area (Å²) in [6.45, 7) is 10.1. The zero-order valence-corrected chi connectivity index (χ0v) is 26.3. The van der Waals surface area contributed by atoms with Gasteiger partial charge in [-0.15, -0.1) is 0 Å². The van der Waals surface area contributed by atoms with Crippen molar-refractivity contribution in [2.24, 2.45) is 5.92 Å². The van der Waals surface area contributed by atoms with Crippen LogP contribution in [0.4, 0.5) is 11.4 Å². The fraction of sp³-hybridized carbons (Fsp3) is 0.294. The van der Waals surface area contributed by atoms with E-state index in [2.05, 4.69) is 38.2 Å². The molecule has 2 aliphatic rings. The smallest absolute Gasteiger partial charge is 0.308 e. The Morgan fingerprint density at radius 3 is 2.05 bits per heavy atom. The maximum absolute atomic E-state index is 14.1. The number of anilines is 2. The number of hydrogen-bond acceptors (Lipinski definition) is 6. The van der Waals surface area contributed by atoms with Crippen molar-refractivity contribution in [1.29, 1.82) is 0 Å². The predicted octanol–water partition coefficient (Wildman–Crippen LogP) is 6.26. The first-order valence-electron chi connectivity index (χ1n) is 14.2. The Labute approximate surface area is 258 Å². The number of amides is 3. The zero-order chi connectivity index (χ0) is 30.6. The Morgan fingerprint density at radius 2 is 1.44 bits per heavy atom. The molecular weight excluding hydrogens is 579 g/mol. The topological polar surface area (TPSA) is 88.5 Å². The first kappa shape index (κ1) is 29.1. The standard InChI is InChI=1S/C34H33N3O4S2/c1-19-6-14-23(15-7-19)35-25(38)18-36-32-29(43-33(36)41)26(21-10-12-22(13-11-21)34(3,4)5)27-28(42-32)31(40)37(30(27)39)24-16-8-20(2)9-17-24/h6-17,26-28H,18H2,1-5H3,(H,35,38)/t26-,27+,28-/m0/s1. The zero-order valence-electron chi connectivity index (χ0n) is 24.7. The number of nitrogens with zero attached hydrogens (tertiary/aromatic N) is 2. The molecule has 3 heterocycles. The molecule has 0 radical (unpaired) electrons. The van der Waals surface area contributed by atoms with Crippen LogP contribution in [0.3, 0.4) is 0 Å². The average molecular weight is 612 g/mol. The van der Waals surface area contributed by atoms with Crippen molar-refractivity contribution in [2.45, 2.75) is 62.8 Å². The number of imide groups is 1. The Morgan fingerprint density at radius 1 is 0.837 bits per heavy atom. The molecule has 220 valence electrons. The van der Waals surface area contributed by atoms with E-state index in [9.17, 15) is 19.2 Å². The van der Waals surface area contributed by atoms with Crippen LogP contribution < -0.4 is 15.1 Å². The van der Waals surface area contributed by atoms with Gasteiger partial charge in [-0.2, -0.15) is 0 Å². The summed E-state index contributed by atoms with van der Waals surface area (Å²) in [4.78, 5) is 56.3. The molecule has 4 aromatic rings. The molecule has 0 saturated carbocycles. The molecular formula is C34H33N3O4S2. The number of aromatic nitrogens is 1. The Kier molecular flexibility index (Phi) is 7.42. The minimum absolute atomic E-state index is 0.0605. The molecule has 7 nitrogen and oxygen atoms in total. The van der Waals surface area contributed by atoms with Crippen molar-refractivity contribution in [3.63, 3.8) is 0 Å². The summed E-state index contributed by atoms with van der Waals surface area (Å²) < 4.78 is 1.45. The third kappa shape index (κ3) is 5.36. The van der Waals surface area contributed by atoms with Crippen LogP contribution in [0.25, 0.3) is 0 Å². The van der Waals surface area contributed by atoms with Crippen LogP contribution in [0.2, 0.25) is 0 Å². The van der Waals surface area contributed by atoms with Gasteiger partial charge in [0.2, 0.25) is 17.7 Å². The number of nitrogens with one attached hydrogen (secondary N) is 1. The molecule has 3 atom stereocenters. The number of fused-ring (bicyclic) bond motifs is 2. The molecule has 0 spiro atoms. The maximum atomic E-state index is 14.1. The number of thiazole rings is 1. The van der Waals surface area contributed by atoms with E-state index in [0.29, 0.717) is 16.4 Å². The van der Waals surface area contributed by atoms with E-state index in [-0.39, 0.29) is 34.6 Å². The van der Waals surface area contributed by atoms with Gasteiger partial charge >= 0.3 is 4.87 Å². The molecule has 3 aromatic carbocycles. The number of hydrogen-bond donors (Lipinski definition) is 1. The predicted molar refractivity (Wildman–Crippen MR) is 172 cm³/mol. The van der Waals surface area contributed by atoms with Gasteiger partial charge in [0.25, 0.3) is 0 Å². The van der Waals surface area contributed by atoms with Crippen LogP contribution in [0.1, 0.15) is 53.8 Å². The quantitative estimate of drug-likeness (QED) is 0.269. The highest BCUT2D eigenvalue weighted by Crippen LogP contribution is 2.54. The highest BCUT2D eigenvalue weighted by Gasteiger charge is 2.56. The number of thioether (sulfide) groups is 1. The molecule has 2 aliphatic heterocycles. The van der Waals surface area contributed by atoms with E-state index in [0.717, 1.165) is 38.5 Å². The van der Waals surface area contributed by atoms with Gasteiger partial charge in [-0.1, -0.05) is 104 Å². The molecule has 1 fully saturated rings. The van der Waals surface area contributed by atoms with E-state index < -0.39 is 17.1 Å². The van der Waals surface area contributed by atoms with Crippen molar-refractivity contribution < 1.29 is 14.4 Å². The fourth-order valence-corrected chi connectivity index (χ4v) is 8.51. The van der Waals surface area contributed by atoms with Gasteiger partial charge in [-0.25, -0.2) is 4.90 Å². The van der Waals surface area contributed by atoms with E-state index in [4.69, 9.17) is 0 Å². The van der Waals surface area contributed by atoms with Gasteiger partial charge in [-0.3, -0.25) is 23.7 Å². The lowest BCUT2D eigenvalue weighted by Gasteiger charge is -2.31. The Hall–Kier alpha value is -3.95. The van der Waals surface area contributed by atoms with Crippen molar-refractivity contribution in [3.05, 3.63) is 110 Å². The highest BCUT2D eigenvalue weighted by atomic mass is 32.2. The molecule has 0 unspecified atom stereocenters. The molecule has 1 saturated heterocycles. The minimum atomic E-state index is -0.728. The second-order valence-electron chi connectivity index (χ2n) is 12.3. The molecule has 0 bridgehead atoms. The third-order valence-electron chi connectivity index (χ3n) is 8.11. The average Bonchev–Trinajstić information content (AvgIpc) is 3.40. The first-order valence-corrected chi connectivity index (χ1v) is 15.9. The summed E-state index contributed by atoms with van der Waals surface area (Å²) in [7, 11) is 0. The van der Waals surface area contributed by atoms with E-state index in [1.165, 1.54) is 21.2 Å². The van der Waals surface area contributed by atoms with Crippen LogP contribution in [-0.2, 0) is 26.3 Å². The second-order valence-corrected chi connectivity index (χ2v) is 14.4. The largest absolute Gasteiger partial charge is 0.325 e. The molecule has 9 heteroatoms. The van der Waals surface area contributed by atoms with Gasteiger partial charge in [0.05, 0.1) is 16.6 Å². The maximum Gasteiger partial charge on any atom is 0.308 e. The monoisotopic (exact) mass is 611 g/mol. The lowest BCUT2D eigenvalue weighted by Crippen LogP contribution is -2.33.